The van der Waals surface area contributed by atoms with E-state index in [4.69, 9.17) is 0 Å². The first-order valence-electron chi connectivity index (χ1n) is 4.91. The van der Waals surface area contributed by atoms with Gasteiger partial charge in [0.25, 0.3) is 0 Å². The molecule has 0 aliphatic heterocycles. The van der Waals surface area contributed by atoms with Crippen molar-refractivity contribution in [1.82, 2.24) is 0 Å². The maximum atomic E-state index is 9.35. The second-order valence-corrected chi connectivity index (χ2v) is 10.1. The van der Waals surface area contributed by atoms with Crippen LogP contribution in [0.25, 0.3) is 0 Å². The van der Waals surface area contributed by atoms with Gasteiger partial charge in [-0.3, -0.25) is 0 Å². The zero-order valence-corrected chi connectivity index (χ0v) is 10.2. The van der Waals surface area contributed by atoms with Gasteiger partial charge in [-0.2, -0.15) is 0 Å². The summed E-state index contributed by atoms with van der Waals surface area (Å²) in [5.41, 5.74) is 0. The highest BCUT2D eigenvalue weighted by atomic mass is 28.3. The molecular weight excluding hydrogens is 176 g/mol. The molecule has 13 heavy (non-hydrogen) atoms. The molecule has 0 spiro atoms. The summed E-state index contributed by atoms with van der Waals surface area (Å²) in [6, 6.07) is 1.20. The topological polar surface area (TPSA) is 20.2 Å². The average molecular weight is 198 g/mol. The first-order chi connectivity index (χ1) is 5.95. The quantitative estimate of drug-likeness (QED) is 0.531. The molecule has 1 nitrogen and oxygen atoms in total. The maximum Gasteiger partial charge on any atom is 0.0755 e. The van der Waals surface area contributed by atoms with Crippen LogP contribution in [0.5, 0.6) is 0 Å². The second kappa shape index (κ2) is 6.16. The Hall–Kier alpha value is -0.343. The Morgan fingerprint density at radius 3 is 2.31 bits per heavy atom. The van der Waals surface area contributed by atoms with Crippen molar-refractivity contribution in [2.75, 3.05) is 0 Å². The van der Waals surface area contributed by atoms with Crippen LogP contribution in [0.1, 0.15) is 13.3 Å². The third-order valence-corrected chi connectivity index (χ3v) is 3.15. The van der Waals surface area contributed by atoms with Crippen LogP contribution < -0.4 is 0 Å². The van der Waals surface area contributed by atoms with Crippen LogP contribution in [0, 0.1) is 0 Å². The number of aliphatic hydroxyl groups excluding tert-OH is 1. The summed E-state index contributed by atoms with van der Waals surface area (Å²) in [5, 5.41) is 9.35. The Bertz CT molecular complexity index is 177. The Morgan fingerprint density at radius 1 is 1.23 bits per heavy atom. The smallest absolute Gasteiger partial charge is 0.0755 e. The summed E-state index contributed by atoms with van der Waals surface area (Å²) in [5.74, 6) is 0. The summed E-state index contributed by atoms with van der Waals surface area (Å²) >= 11 is 0. The molecule has 0 aromatic carbocycles. The lowest BCUT2D eigenvalue weighted by Crippen LogP contribution is -2.17. The highest BCUT2D eigenvalue weighted by Gasteiger charge is 2.09. The van der Waals surface area contributed by atoms with Gasteiger partial charge in [-0.1, -0.05) is 43.9 Å². The third kappa shape index (κ3) is 9.57. The fraction of sp³-hybridized carbons (Fsp3) is 0.636. The number of hydrogen-bond acceptors (Lipinski definition) is 1. The van der Waals surface area contributed by atoms with Crippen molar-refractivity contribution in [3.05, 3.63) is 24.3 Å². The van der Waals surface area contributed by atoms with Gasteiger partial charge >= 0.3 is 0 Å². The van der Waals surface area contributed by atoms with Gasteiger partial charge in [0, 0.05) is 8.07 Å². The van der Waals surface area contributed by atoms with Crippen LogP contribution in [0.4, 0.5) is 0 Å². The van der Waals surface area contributed by atoms with Gasteiger partial charge in [0.1, 0.15) is 0 Å². The van der Waals surface area contributed by atoms with E-state index in [1.807, 2.05) is 19.1 Å². The molecule has 1 N–H and O–H groups in total. The van der Waals surface area contributed by atoms with Gasteiger partial charge in [-0.25, -0.2) is 0 Å². The molecule has 0 bridgehead atoms. The summed E-state index contributed by atoms with van der Waals surface area (Å²) in [7, 11) is -0.934. The minimum atomic E-state index is -0.934. The van der Waals surface area contributed by atoms with E-state index in [0.717, 1.165) is 6.42 Å². The molecule has 0 aliphatic carbocycles. The minimum absolute atomic E-state index is 0.303. The van der Waals surface area contributed by atoms with Crippen LogP contribution >= 0.6 is 0 Å². The lowest BCUT2D eigenvalue weighted by molar-refractivity contribution is 0.227. The zero-order chi connectivity index (χ0) is 10.3. The van der Waals surface area contributed by atoms with Gasteiger partial charge in [0.2, 0.25) is 0 Å². The van der Waals surface area contributed by atoms with E-state index in [1.54, 1.807) is 0 Å². The monoisotopic (exact) mass is 198 g/mol. The molecule has 2 heteroatoms. The predicted molar refractivity (Wildman–Crippen MR) is 62.7 cm³/mol. The molecule has 0 saturated heterocycles. The Morgan fingerprint density at radius 2 is 1.85 bits per heavy atom. The van der Waals surface area contributed by atoms with Crippen LogP contribution in [-0.2, 0) is 0 Å². The predicted octanol–water partition coefficient (Wildman–Crippen LogP) is 3.21. The van der Waals surface area contributed by atoms with Crippen molar-refractivity contribution in [2.45, 2.75) is 45.1 Å². The van der Waals surface area contributed by atoms with E-state index in [1.165, 1.54) is 6.04 Å². The SMILES string of the molecule is C/C=C/[C@@H](O)C/C=C/C[Si](C)(C)C. The normalized spacial score (nSPS) is 15.8. The molecule has 0 saturated carbocycles. The van der Waals surface area contributed by atoms with Crippen LogP contribution in [0.15, 0.2) is 24.3 Å². The first-order valence-corrected chi connectivity index (χ1v) is 8.62. The molecule has 0 fully saturated rings. The number of rotatable bonds is 5. The van der Waals surface area contributed by atoms with Crippen molar-refractivity contribution in [1.29, 1.82) is 0 Å². The molecule has 0 aromatic heterocycles. The van der Waals surface area contributed by atoms with Gasteiger partial charge in [-0.05, 0) is 19.4 Å². The molecule has 0 aromatic rings. The van der Waals surface area contributed by atoms with E-state index in [-0.39, 0.29) is 6.10 Å². The number of allylic oxidation sites excluding steroid dienone is 2. The summed E-state index contributed by atoms with van der Waals surface area (Å²) in [6.45, 7) is 8.97. The number of hydrogen-bond donors (Lipinski definition) is 1. The second-order valence-electron chi connectivity index (χ2n) is 4.57. The third-order valence-electron chi connectivity index (χ3n) is 1.69. The molecular formula is C11H22OSi. The van der Waals surface area contributed by atoms with E-state index in [0.29, 0.717) is 0 Å². The van der Waals surface area contributed by atoms with Crippen molar-refractivity contribution in [3.8, 4) is 0 Å². The van der Waals surface area contributed by atoms with Gasteiger partial charge < -0.3 is 5.11 Å². The molecule has 0 rings (SSSR count). The lowest BCUT2D eigenvalue weighted by Gasteiger charge is -2.11. The van der Waals surface area contributed by atoms with Crippen LogP contribution in [0.3, 0.4) is 0 Å². The fourth-order valence-electron chi connectivity index (χ4n) is 0.973. The Labute approximate surface area is 83.2 Å². The minimum Gasteiger partial charge on any atom is -0.389 e. The largest absolute Gasteiger partial charge is 0.389 e. The zero-order valence-electron chi connectivity index (χ0n) is 9.25. The van der Waals surface area contributed by atoms with Crippen molar-refractivity contribution >= 4 is 8.07 Å². The van der Waals surface area contributed by atoms with Crippen LogP contribution in [-0.4, -0.2) is 19.3 Å². The first kappa shape index (κ1) is 12.7. The molecule has 0 heterocycles. The summed E-state index contributed by atoms with van der Waals surface area (Å²) in [4.78, 5) is 0. The lowest BCUT2D eigenvalue weighted by atomic mass is 10.2. The average Bonchev–Trinajstić information content (AvgIpc) is 1.97. The fourth-order valence-corrected chi connectivity index (χ4v) is 1.85. The maximum absolute atomic E-state index is 9.35. The van der Waals surface area contributed by atoms with E-state index < -0.39 is 8.07 Å². The van der Waals surface area contributed by atoms with E-state index in [9.17, 15) is 5.11 Å². The van der Waals surface area contributed by atoms with Crippen molar-refractivity contribution in [2.24, 2.45) is 0 Å². The standard InChI is InChI=1S/C11H22OSi/c1-5-8-11(12)9-6-7-10-13(2,3)4/h5-8,11-12H,9-10H2,1-4H3/b7-6+,8-5+/t11-/m1/s1. The molecule has 0 unspecified atom stereocenters. The van der Waals surface area contributed by atoms with Gasteiger partial charge in [-0.15, -0.1) is 0 Å². The molecule has 0 amide bonds. The highest BCUT2D eigenvalue weighted by molar-refractivity contribution is 6.76. The Kier molecular flexibility index (Phi) is 6.00. The van der Waals surface area contributed by atoms with Gasteiger partial charge in [0.15, 0.2) is 0 Å². The van der Waals surface area contributed by atoms with Crippen molar-refractivity contribution in [3.63, 3.8) is 0 Å². The van der Waals surface area contributed by atoms with Crippen LogP contribution in [0.2, 0.25) is 25.7 Å². The molecule has 0 aliphatic rings. The summed E-state index contributed by atoms with van der Waals surface area (Å²) < 4.78 is 0. The number of aliphatic hydroxyl groups is 1. The van der Waals surface area contributed by atoms with Gasteiger partial charge in [0.05, 0.1) is 6.10 Å². The highest BCUT2D eigenvalue weighted by Crippen LogP contribution is 2.09. The van der Waals surface area contributed by atoms with E-state index in [2.05, 4.69) is 31.8 Å². The summed E-state index contributed by atoms with van der Waals surface area (Å²) in [6.07, 6.45) is 8.44. The molecule has 76 valence electrons. The molecule has 0 radical (unpaired) electrons. The molecule has 1 atom stereocenters. The Balaban J connectivity index is 3.64. The van der Waals surface area contributed by atoms with E-state index >= 15 is 0 Å². The van der Waals surface area contributed by atoms with Crippen molar-refractivity contribution < 1.29 is 5.11 Å².